The topological polar surface area (TPSA) is 75.7 Å². The maximum Gasteiger partial charge on any atom is 0.408 e. The minimum Gasteiger partial charge on any atom is -0.445 e. The maximum absolute atomic E-state index is 12.2. The van der Waals surface area contributed by atoms with Crippen molar-refractivity contribution in [3.8, 4) is 0 Å². The Balaban J connectivity index is 1.79. The molecule has 124 valence electrons. The zero-order valence-electron chi connectivity index (χ0n) is 13.3. The molecule has 1 heterocycles. The molecule has 1 aromatic carbocycles. The molecule has 0 aromatic heterocycles. The number of amides is 3. The molecule has 0 unspecified atom stereocenters. The molecule has 3 amide bonds. The van der Waals surface area contributed by atoms with Crippen LogP contribution in [0.5, 0.6) is 0 Å². The van der Waals surface area contributed by atoms with Crippen LogP contribution >= 0.6 is 0 Å². The molecule has 0 saturated carbocycles. The standard InChI is InChI=1S/C17H22N2O4/c1-2-3-7-10-19-15(20)11-14(16(19)21)18-17(22)23-12-13-8-5-4-6-9-13/h4-6,8-9,14H,2-3,7,10-12H2,1H3,(H,18,22)/t14-/m1/s1. The Labute approximate surface area is 135 Å². The van der Waals surface area contributed by atoms with Crippen LogP contribution in [-0.4, -0.2) is 35.4 Å². The van der Waals surface area contributed by atoms with Gasteiger partial charge in [0.2, 0.25) is 5.91 Å². The van der Waals surface area contributed by atoms with Gasteiger partial charge in [0.1, 0.15) is 12.6 Å². The summed E-state index contributed by atoms with van der Waals surface area (Å²) in [6.45, 7) is 2.60. The van der Waals surface area contributed by atoms with Crippen molar-refractivity contribution in [3.63, 3.8) is 0 Å². The van der Waals surface area contributed by atoms with Gasteiger partial charge in [-0.05, 0) is 12.0 Å². The van der Waals surface area contributed by atoms with Gasteiger partial charge in [-0.25, -0.2) is 4.79 Å². The Morgan fingerprint density at radius 1 is 1.26 bits per heavy atom. The van der Waals surface area contributed by atoms with E-state index in [0.29, 0.717) is 6.54 Å². The van der Waals surface area contributed by atoms with Crippen LogP contribution < -0.4 is 5.32 Å². The normalized spacial score (nSPS) is 17.4. The number of imide groups is 1. The van der Waals surface area contributed by atoms with Crippen LogP contribution in [0.1, 0.15) is 38.2 Å². The molecule has 1 aromatic rings. The molecule has 0 aliphatic carbocycles. The highest BCUT2D eigenvalue weighted by Gasteiger charge is 2.39. The Morgan fingerprint density at radius 2 is 2.00 bits per heavy atom. The summed E-state index contributed by atoms with van der Waals surface area (Å²) in [5.74, 6) is -0.581. The number of nitrogens with one attached hydrogen (secondary N) is 1. The van der Waals surface area contributed by atoms with E-state index in [-0.39, 0.29) is 24.8 Å². The van der Waals surface area contributed by atoms with E-state index >= 15 is 0 Å². The van der Waals surface area contributed by atoms with E-state index in [1.807, 2.05) is 30.3 Å². The lowest BCUT2D eigenvalue weighted by Crippen LogP contribution is -2.42. The quantitative estimate of drug-likeness (QED) is 0.618. The van der Waals surface area contributed by atoms with Crippen molar-refractivity contribution < 1.29 is 19.1 Å². The van der Waals surface area contributed by atoms with Gasteiger partial charge < -0.3 is 10.1 Å². The summed E-state index contributed by atoms with van der Waals surface area (Å²) in [5.41, 5.74) is 0.859. The molecule has 6 nitrogen and oxygen atoms in total. The predicted molar refractivity (Wildman–Crippen MR) is 84.4 cm³/mol. The average molecular weight is 318 g/mol. The van der Waals surface area contributed by atoms with Crippen molar-refractivity contribution in [2.45, 2.75) is 45.3 Å². The summed E-state index contributed by atoms with van der Waals surface area (Å²) in [6.07, 6.45) is 2.10. The van der Waals surface area contributed by atoms with Crippen LogP contribution in [0.2, 0.25) is 0 Å². The molecule has 6 heteroatoms. The number of rotatable bonds is 7. The second-order valence-corrected chi connectivity index (χ2v) is 5.55. The summed E-state index contributed by atoms with van der Waals surface area (Å²) in [4.78, 5) is 37.0. The number of carbonyl (C=O) groups is 3. The van der Waals surface area contributed by atoms with Crippen molar-refractivity contribution >= 4 is 17.9 Å². The largest absolute Gasteiger partial charge is 0.445 e. The highest BCUT2D eigenvalue weighted by atomic mass is 16.5. The van der Waals surface area contributed by atoms with Crippen LogP contribution in [0.15, 0.2) is 30.3 Å². The number of ether oxygens (including phenoxy) is 1. The van der Waals surface area contributed by atoms with Gasteiger partial charge in [0.15, 0.2) is 0 Å². The van der Waals surface area contributed by atoms with Crippen LogP contribution in [0.25, 0.3) is 0 Å². The minimum absolute atomic E-state index is 0.00535. The fourth-order valence-electron chi connectivity index (χ4n) is 2.46. The van der Waals surface area contributed by atoms with Gasteiger partial charge >= 0.3 is 6.09 Å². The summed E-state index contributed by atoms with van der Waals surface area (Å²) >= 11 is 0. The minimum atomic E-state index is -0.813. The van der Waals surface area contributed by atoms with E-state index in [1.54, 1.807) is 0 Å². The summed E-state index contributed by atoms with van der Waals surface area (Å²) in [7, 11) is 0. The van der Waals surface area contributed by atoms with E-state index in [9.17, 15) is 14.4 Å². The third-order valence-corrected chi connectivity index (χ3v) is 3.73. The Bertz CT molecular complexity index is 559. The smallest absolute Gasteiger partial charge is 0.408 e. The average Bonchev–Trinajstić information content (AvgIpc) is 2.81. The van der Waals surface area contributed by atoms with E-state index in [0.717, 1.165) is 24.8 Å². The number of likely N-dealkylation sites (tertiary alicyclic amines) is 1. The molecule has 0 bridgehead atoms. The van der Waals surface area contributed by atoms with Crippen LogP contribution in [0.3, 0.4) is 0 Å². The first-order chi connectivity index (χ1) is 11.1. The third kappa shape index (κ3) is 4.81. The van der Waals surface area contributed by atoms with E-state index in [1.165, 1.54) is 4.90 Å². The fourth-order valence-corrected chi connectivity index (χ4v) is 2.46. The number of benzene rings is 1. The molecule has 0 spiro atoms. The van der Waals surface area contributed by atoms with Gasteiger partial charge in [-0.3, -0.25) is 14.5 Å². The molecule has 1 aliphatic rings. The molecule has 1 atom stereocenters. The Morgan fingerprint density at radius 3 is 2.70 bits per heavy atom. The molecule has 1 saturated heterocycles. The summed E-state index contributed by atoms with van der Waals surface area (Å²) < 4.78 is 5.08. The second-order valence-electron chi connectivity index (χ2n) is 5.55. The first-order valence-electron chi connectivity index (χ1n) is 7.93. The van der Waals surface area contributed by atoms with E-state index in [4.69, 9.17) is 4.74 Å². The molecule has 2 rings (SSSR count). The van der Waals surface area contributed by atoms with Crippen molar-refractivity contribution in [2.24, 2.45) is 0 Å². The molecule has 1 aliphatic heterocycles. The zero-order chi connectivity index (χ0) is 16.7. The highest BCUT2D eigenvalue weighted by Crippen LogP contribution is 2.14. The first-order valence-corrected chi connectivity index (χ1v) is 7.93. The van der Waals surface area contributed by atoms with Crippen molar-refractivity contribution in [3.05, 3.63) is 35.9 Å². The lowest BCUT2D eigenvalue weighted by atomic mass is 10.2. The SMILES string of the molecule is CCCCCN1C(=O)C[C@@H](NC(=O)OCc2ccccc2)C1=O. The van der Waals surface area contributed by atoms with Gasteiger partial charge in [-0.15, -0.1) is 0 Å². The number of unbranched alkanes of at least 4 members (excludes halogenated alkanes) is 2. The lowest BCUT2D eigenvalue weighted by Gasteiger charge is -2.15. The Hall–Kier alpha value is -2.37. The van der Waals surface area contributed by atoms with Crippen molar-refractivity contribution in [1.82, 2.24) is 10.2 Å². The lowest BCUT2D eigenvalue weighted by molar-refractivity contribution is -0.138. The third-order valence-electron chi connectivity index (χ3n) is 3.73. The molecular weight excluding hydrogens is 296 g/mol. The van der Waals surface area contributed by atoms with Crippen LogP contribution in [0.4, 0.5) is 4.79 Å². The number of alkyl carbamates (subject to hydrolysis) is 1. The van der Waals surface area contributed by atoms with Crippen LogP contribution in [-0.2, 0) is 20.9 Å². The van der Waals surface area contributed by atoms with E-state index in [2.05, 4.69) is 12.2 Å². The Kier molecular flexibility index (Phi) is 6.14. The van der Waals surface area contributed by atoms with Gasteiger partial charge in [0.05, 0.1) is 6.42 Å². The highest BCUT2D eigenvalue weighted by molar-refractivity contribution is 6.06. The van der Waals surface area contributed by atoms with Gasteiger partial charge in [-0.1, -0.05) is 50.1 Å². The first kappa shape index (κ1) is 17.0. The monoisotopic (exact) mass is 318 g/mol. The molecule has 1 N–H and O–H groups in total. The molecule has 23 heavy (non-hydrogen) atoms. The number of nitrogens with zero attached hydrogens (tertiary/aromatic N) is 1. The van der Waals surface area contributed by atoms with Crippen molar-refractivity contribution in [1.29, 1.82) is 0 Å². The van der Waals surface area contributed by atoms with E-state index < -0.39 is 12.1 Å². The molecule has 0 radical (unpaired) electrons. The maximum atomic E-state index is 12.2. The fraction of sp³-hybridized carbons (Fsp3) is 0.471. The number of carbonyl (C=O) groups excluding carboxylic acids is 3. The van der Waals surface area contributed by atoms with Gasteiger partial charge in [0.25, 0.3) is 5.91 Å². The second kappa shape index (κ2) is 8.31. The molecular formula is C17H22N2O4. The number of hydrogen-bond acceptors (Lipinski definition) is 4. The summed E-state index contributed by atoms with van der Waals surface area (Å²) in [6, 6.07) is 8.44. The number of hydrogen-bond donors (Lipinski definition) is 1. The molecule has 1 fully saturated rings. The van der Waals surface area contributed by atoms with Crippen LogP contribution in [0, 0.1) is 0 Å². The predicted octanol–water partition coefficient (Wildman–Crippen LogP) is 2.23. The van der Waals surface area contributed by atoms with Crippen molar-refractivity contribution in [2.75, 3.05) is 6.54 Å². The summed E-state index contributed by atoms with van der Waals surface area (Å²) in [5, 5.41) is 2.48. The van der Waals surface area contributed by atoms with Gasteiger partial charge in [0, 0.05) is 6.54 Å². The van der Waals surface area contributed by atoms with Gasteiger partial charge in [-0.2, -0.15) is 0 Å². The zero-order valence-corrected chi connectivity index (χ0v) is 13.3.